The van der Waals surface area contributed by atoms with Crippen molar-refractivity contribution in [3.8, 4) is 5.75 Å². The van der Waals surface area contributed by atoms with Crippen LogP contribution >= 0.6 is 43.5 Å². The fraction of sp³-hybridized carbons (Fsp3) is 0.0714. The molecule has 0 heterocycles. The fourth-order valence-corrected chi connectivity index (χ4v) is 3.08. The summed E-state index contributed by atoms with van der Waals surface area (Å²) in [5.74, 6) is -0.279. The Bertz CT molecular complexity index is 712. The first-order valence-electron chi connectivity index (χ1n) is 5.84. The second-order valence-corrected chi connectivity index (χ2v) is 6.55. The average molecular weight is 435 g/mol. The summed E-state index contributed by atoms with van der Waals surface area (Å²) < 4.78 is 0.850. The monoisotopic (exact) mass is 432 g/mol. The largest absolute Gasteiger partial charge is 0.506 e. The number of phenols is 1. The first kappa shape index (κ1) is 16.1. The minimum absolute atomic E-state index is 0.0401. The highest BCUT2D eigenvalue weighted by molar-refractivity contribution is 9.11. The molecule has 0 fully saturated rings. The van der Waals surface area contributed by atoms with E-state index >= 15 is 0 Å². The molecular weight excluding hydrogens is 423 g/mol. The number of aryl methyl sites for hydroxylation is 1. The van der Waals surface area contributed by atoms with Gasteiger partial charge in [-0.2, -0.15) is 0 Å². The topological polar surface area (TPSA) is 75.3 Å². The van der Waals surface area contributed by atoms with Gasteiger partial charge in [0.2, 0.25) is 0 Å². The highest BCUT2D eigenvalue weighted by Crippen LogP contribution is 2.34. The molecule has 0 unspecified atom stereocenters. The molecule has 0 saturated carbocycles. The van der Waals surface area contributed by atoms with Crippen molar-refractivity contribution in [2.45, 2.75) is 6.92 Å². The molecule has 21 heavy (non-hydrogen) atoms. The van der Waals surface area contributed by atoms with Gasteiger partial charge in [-0.15, -0.1) is 0 Å². The molecule has 2 aromatic rings. The van der Waals surface area contributed by atoms with Crippen LogP contribution in [0.15, 0.2) is 33.2 Å². The molecule has 0 aliphatic rings. The molecule has 0 aliphatic carbocycles. The molecule has 0 aliphatic heterocycles. The van der Waals surface area contributed by atoms with E-state index in [0.29, 0.717) is 30.9 Å². The van der Waals surface area contributed by atoms with Gasteiger partial charge in [0, 0.05) is 11.3 Å². The smallest absolute Gasteiger partial charge is 0.255 e. The SMILES string of the molecule is Cc1cc(N)c(Cl)cc1NC(=O)c1cc(Br)c(O)c(Br)c1. The van der Waals surface area contributed by atoms with E-state index in [4.69, 9.17) is 17.3 Å². The number of benzene rings is 2. The highest BCUT2D eigenvalue weighted by atomic mass is 79.9. The Kier molecular flexibility index (Phi) is 4.81. The summed E-state index contributed by atoms with van der Waals surface area (Å²) in [4.78, 5) is 12.3. The van der Waals surface area contributed by atoms with E-state index in [1.165, 1.54) is 12.1 Å². The number of phenolic OH excluding ortho intramolecular Hbond substituents is 1. The molecule has 2 rings (SSSR count). The standard InChI is InChI=1S/C14H11Br2ClN2O2/c1-6-2-11(18)10(17)5-12(6)19-14(21)7-3-8(15)13(20)9(16)4-7/h2-5,20H,18H2,1H3,(H,19,21). The van der Waals surface area contributed by atoms with Crippen molar-refractivity contribution >= 4 is 60.7 Å². The zero-order valence-electron chi connectivity index (χ0n) is 10.9. The second kappa shape index (κ2) is 6.25. The van der Waals surface area contributed by atoms with Crippen LogP contribution in [0.3, 0.4) is 0 Å². The molecule has 0 atom stereocenters. The van der Waals surface area contributed by atoms with Crippen molar-refractivity contribution in [2.24, 2.45) is 0 Å². The van der Waals surface area contributed by atoms with Crippen molar-refractivity contribution in [3.63, 3.8) is 0 Å². The summed E-state index contributed by atoms with van der Waals surface area (Å²) in [6, 6.07) is 6.36. The highest BCUT2D eigenvalue weighted by Gasteiger charge is 2.13. The molecule has 0 saturated heterocycles. The maximum atomic E-state index is 12.3. The van der Waals surface area contributed by atoms with Crippen LogP contribution in [0.2, 0.25) is 5.02 Å². The number of nitrogen functional groups attached to an aromatic ring is 1. The van der Waals surface area contributed by atoms with Crippen molar-refractivity contribution in [2.75, 3.05) is 11.1 Å². The maximum Gasteiger partial charge on any atom is 0.255 e. The van der Waals surface area contributed by atoms with E-state index in [0.717, 1.165) is 5.56 Å². The number of anilines is 2. The molecule has 110 valence electrons. The molecule has 1 amide bonds. The molecule has 0 bridgehead atoms. The van der Waals surface area contributed by atoms with Gasteiger partial charge in [-0.1, -0.05) is 11.6 Å². The van der Waals surface area contributed by atoms with Gasteiger partial charge < -0.3 is 16.2 Å². The normalized spacial score (nSPS) is 10.5. The van der Waals surface area contributed by atoms with Gasteiger partial charge >= 0.3 is 0 Å². The Morgan fingerprint density at radius 2 is 1.81 bits per heavy atom. The van der Waals surface area contributed by atoms with Crippen LogP contribution < -0.4 is 11.1 Å². The van der Waals surface area contributed by atoms with E-state index in [1.54, 1.807) is 12.1 Å². The Hall–Kier alpha value is -1.24. The van der Waals surface area contributed by atoms with Crippen LogP contribution in [-0.4, -0.2) is 11.0 Å². The van der Waals surface area contributed by atoms with E-state index in [9.17, 15) is 9.90 Å². The molecule has 0 spiro atoms. The second-order valence-electron chi connectivity index (χ2n) is 4.43. The van der Waals surface area contributed by atoms with Gasteiger partial charge in [0.05, 0.1) is 19.7 Å². The fourth-order valence-electron chi connectivity index (χ4n) is 1.73. The summed E-state index contributed by atoms with van der Waals surface area (Å²) in [7, 11) is 0. The van der Waals surface area contributed by atoms with E-state index < -0.39 is 0 Å². The summed E-state index contributed by atoms with van der Waals surface area (Å²) in [5, 5.41) is 12.8. The van der Waals surface area contributed by atoms with Gasteiger partial charge in [0.1, 0.15) is 5.75 Å². The quantitative estimate of drug-likeness (QED) is 0.599. The summed E-state index contributed by atoms with van der Waals surface area (Å²) in [6.45, 7) is 1.82. The van der Waals surface area contributed by atoms with E-state index in [-0.39, 0.29) is 11.7 Å². The summed E-state index contributed by atoms with van der Waals surface area (Å²) in [5.41, 5.74) is 7.94. The van der Waals surface area contributed by atoms with E-state index in [2.05, 4.69) is 37.2 Å². The molecule has 4 N–H and O–H groups in total. The minimum atomic E-state index is -0.319. The molecule has 0 radical (unpaired) electrons. The number of rotatable bonds is 2. The van der Waals surface area contributed by atoms with Crippen molar-refractivity contribution in [1.82, 2.24) is 0 Å². The minimum Gasteiger partial charge on any atom is -0.506 e. The van der Waals surface area contributed by atoms with Crippen LogP contribution in [0.25, 0.3) is 0 Å². The lowest BCUT2D eigenvalue weighted by atomic mass is 10.1. The number of nitrogens with two attached hydrogens (primary N) is 1. The maximum absolute atomic E-state index is 12.3. The first-order chi connectivity index (χ1) is 9.79. The van der Waals surface area contributed by atoms with Gasteiger partial charge in [-0.25, -0.2) is 0 Å². The predicted octanol–water partition coefficient (Wildman–Crippen LogP) is 4.71. The number of amides is 1. The number of halogens is 3. The lowest BCUT2D eigenvalue weighted by Crippen LogP contribution is -2.13. The number of nitrogens with one attached hydrogen (secondary N) is 1. The number of carbonyl (C=O) groups is 1. The third-order valence-corrected chi connectivity index (χ3v) is 4.41. The lowest BCUT2D eigenvalue weighted by molar-refractivity contribution is 0.102. The third kappa shape index (κ3) is 3.51. The van der Waals surface area contributed by atoms with E-state index in [1.807, 2.05) is 6.92 Å². The number of aromatic hydroxyl groups is 1. The molecule has 7 heteroatoms. The zero-order chi connectivity index (χ0) is 15.7. The number of hydrogen-bond acceptors (Lipinski definition) is 3. The molecular formula is C14H11Br2ClN2O2. The van der Waals surface area contributed by atoms with Crippen LogP contribution in [0.5, 0.6) is 5.75 Å². The summed E-state index contributed by atoms with van der Waals surface area (Å²) in [6.07, 6.45) is 0. The predicted molar refractivity (Wildman–Crippen MR) is 92.1 cm³/mol. The van der Waals surface area contributed by atoms with Crippen LogP contribution in [0.1, 0.15) is 15.9 Å². The number of hydrogen-bond donors (Lipinski definition) is 3. The van der Waals surface area contributed by atoms with Gasteiger partial charge in [-0.3, -0.25) is 4.79 Å². The van der Waals surface area contributed by atoms with Gasteiger partial charge in [0.15, 0.2) is 0 Å². The Balaban J connectivity index is 2.32. The van der Waals surface area contributed by atoms with Crippen molar-refractivity contribution in [3.05, 3.63) is 49.4 Å². The Labute approximate surface area is 143 Å². The number of carbonyl (C=O) groups excluding carboxylic acids is 1. The average Bonchev–Trinajstić information content (AvgIpc) is 2.41. The van der Waals surface area contributed by atoms with Crippen molar-refractivity contribution < 1.29 is 9.90 Å². The first-order valence-corrected chi connectivity index (χ1v) is 7.81. The molecule has 4 nitrogen and oxygen atoms in total. The Morgan fingerprint density at radius 3 is 2.38 bits per heavy atom. The van der Waals surface area contributed by atoms with Gasteiger partial charge in [0.25, 0.3) is 5.91 Å². The molecule has 0 aromatic heterocycles. The van der Waals surface area contributed by atoms with Crippen LogP contribution in [-0.2, 0) is 0 Å². The third-order valence-electron chi connectivity index (χ3n) is 2.87. The molecule has 2 aromatic carbocycles. The van der Waals surface area contributed by atoms with Crippen LogP contribution in [0, 0.1) is 6.92 Å². The zero-order valence-corrected chi connectivity index (χ0v) is 14.8. The van der Waals surface area contributed by atoms with Crippen molar-refractivity contribution in [1.29, 1.82) is 0 Å². The Morgan fingerprint density at radius 1 is 1.24 bits per heavy atom. The lowest BCUT2D eigenvalue weighted by Gasteiger charge is -2.11. The van der Waals surface area contributed by atoms with Crippen LogP contribution in [0.4, 0.5) is 11.4 Å². The van der Waals surface area contributed by atoms with Gasteiger partial charge in [-0.05, 0) is 68.6 Å². The summed E-state index contributed by atoms with van der Waals surface area (Å²) >= 11 is 12.3.